The van der Waals surface area contributed by atoms with E-state index in [9.17, 15) is 4.79 Å². The molecule has 2 aliphatic heterocycles. The molecule has 18 heavy (non-hydrogen) atoms. The molecular weight excluding hydrogens is 232 g/mol. The molecule has 5 heteroatoms. The summed E-state index contributed by atoms with van der Waals surface area (Å²) in [7, 11) is 0. The van der Waals surface area contributed by atoms with Crippen molar-refractivity contribution in [3.8, 4) is 0 Å². The predicted molar refractivity (Wildman–Crippen MR) is 68.5 cm³/mol. The Hall–Kier alpha value is -0.650. The molecule has 0 aromatic heterocycles. The van der Waals surface area contributed by atoms with Crippen LogP contribution >= 0.6 is 0 Å². The normalized spacial score (nSPS) is 25.1. The molecule has 0 spiro atoms. The molecule has 2 saturated heterocycles. The molecule has 104 valence electrons. The number of carbonyl (C=O) groups excluding carboxylic acids is 1. The molecule has 0 aromatic carbocycles. The number of nitrogens with zero attached hydrogens (tertiary/aromatic N) is 1. The zero-order valence-corrected chi connectivity index (χ0v) is 11.4. The van der Waals surface area contributed by atoms with E-state index >= 15 is 0 Å². The highest BCUT2D eigenvalue weighted by molar-refractivity contribution is 5.77. The first kappa shape index (κ1) is 13.8. The number of carbonyl (C=O) groups is 1. The van der Waals surface area contributed by atoms with E-state index in [2.05, 4.69) is 5.32 Å². The highest BCUT2D eigenvalue weighted by atomic mass is 16.5. The van der Waals surface area contributed by atoms with Crippen molar-refractivity contribution in [1.82, 2.24) is 10.2 Å². The molecule has 0 radical (unpaired) electrons. The van der Waals surface area contributed by atoms with Crippen LogP contribution in [0.4, 0.5) is 0 Å². The summed E-state index contributed by atoms with van der Waals surface area (Å²) in [6.07, 6.45) is 2.24. The minimum Gasteiger partial charge on any atom is -0.372 e. The van der Waals surface area contributed by atoms with Crippen LogP contribution in [-0.2, 0) is 14.3 Å². The average Bonchev–Trinajstić information content (AvgIpc) is 2.36. The van der Waals surface area contributed by atoms with E-state index in [1.807, 2.05) is 18.7 Å². The number of nitrogens with one attached hydrogen (secondary N) is 1. The van der Waals surface area contributed by atoms with E-state index in [0.717, 1.165) is 25.9 Å². The highest BCUT2D eigenvalue weighted by Crippen LogP contribution is 2.16. The van der Waals surface area contributed by atoms with Gasteiger partial charge in [-0.15, -0.1) is 0 Å². The lowest BCUT2D eigenvalue weighted by Gasteiger charge is -2.38. The number of rotatable bonds is 3. The molecule has 2 heterocycles. The molecule has 0 aliphatic carbocycles. The van der Waals surface area contributed by atoms with Gasteiger partial charge in [0.15, 0.2) is 0 Å². The van der Waals surface area contributed by atoms with Gasteiger partial charge in [0.25, 0.3) is 0 Å². The quantitative estimate of drug-likeness (QED) is 0.794. The molecule has 0 unspecified atom stereocenters. The maximum Gasteiger partial charge on any atom is 0.248 e. The molecule has 0 aromatic rings. The monoisotopic (exact) mass is 256 g/mol. The lowest BCUT2D eigenvalue weighted by molar-refractivity contribution is -0.152. The van der Waals surface area contributed by atoms with E-state index in [1.165, 1.54) is 0 Å². The number of hydrogen-bond acceptors (Lipinski definition) is 4. The first-order chi connectivity index (χ1) is 8.57. The summed E-state index contributed by atoms with van der Waals surface area (Å²) in [4.78, 5) is 13.9. The maximum atomic E-state index is 12.1. The van der Waals surface area contributed by atoms with Gasteiger partial charge in [0.2, 0.25) is 5.91 Å². The Morgan fingerprint density at radius 1 is 1.44 bits per heavy atom. The first-order valence-electron chi connectivity index (χ1n) is 6.81. The van der Waals surface area contributed by atoms with E-state index in [1.54, 1.807) is 0 Å². The van der Waals surface area contributed by atoms with Crippen molar-refractivity contribution in [1.29, 1.82) is 0 Å². The smallest absolute Gasteiger partial charge is 0.248 e. The zero-order valence-electron chi connectivity index (χ0n) is 11.4. The minimum atomic E-state index is -0.233. The third-order valence-corrected chi connectivity index (χ3v) is 3.51. The summed E-state index contributed by atoms with van der Waals surface area (Å²) >= 11 is 0. The van der Waals surface area contributed by atoms with Crippen molar-refractivity contribution >= 4 is 5.91 Å². The molecule has 0 atom stereocenters. The van der Waals surface area contributed by atoms with Crippen LogP contribution in [0.3, 0.4) is 0 Å². The third kappa shape index (κ3) is 3.93. The van der Waals surface area contributed by atoms with Crippen LogP contribution in [0, 0.1) is 0 Å². The third-order valence-electron chi connectivity index (χ3n) is 3.51. The van der Waals surface area contributed by atoms with Crippen molar-refractivity contribution in [3.63, 3.8) is 0 Å². The van der Waals surface area contributed by atoms with Crippen molar-refractivity contribution < 1.29 is 14.3 Å². The van der Waals surface area contributed by atoms with Crippen LogP contribution in [-0.4, -0.2) is 61.9 Å². The summed E-state index contributed by atoms with van der Waals surface area (Å²) < 4.78 is 11.3. The summed E-state index contributed by atoms with van der Waals surface area (Å²) in [5, 5.41) is 3.28. The average molecular weight is 256 g/mol. The molecule has 0 saturated carbocycles. The van der Waals surface area contributed by atoms with Crippen LogP contribution in [0.25, 0.3) is 0 Å². The van der Waals surface area contributed by atoms with E-state index < -0.39 is 0 Å². The number of amides is 1. The molecule has 0 bridgehead atoms. The van der Waals surface area contributed by atoms with Gasteiger partial charge in [-0.2, -0.15) is 0 Å². The molecule has 2 aliphatic rings. The van der Waals surface area contributed by atoms with Crippen molar-refractivity contribution in [2.75, 3.05) is 39.4 Å². The van der Waals surface area contributed by atoms with Gasteiger partial charge in [0, 0.05) is 13.1 Å². The Morgan fingerprint density at radius 2 is 2.17 bits per heavy atom. The molecule has 2 rings (SSSR count). The summed E-state index contributed by atoms with van der Waals surface area (Å²) in [6, 6.07) is 0. The van der Waals surface area contributed by atoms with Gasteiger partial charge in [-0.25, -0.2) is 0 Å². The fraction of sp³-hybridized carbons (Fsp3) is 0.923. The van der Waals surface area contributed by atoms with E-state index in [0.29, 0.717) is 19.7 Å². The Balaban J connectivity index is 1.73. The first-order valence-corrected chi connectivity index (χ1v) is 6.81. The summed E-state index contributed by atoms with van der Waals surface area (Å²) in [5.74, 6) is 0.0879. The largest absolute Gasteiger partial charge is 0.372 e. The Kier molecular flexibility index (Phi) is 4.59. The second-order valence-corrected chi connectivity index (χ2v) is 5.68. The van der Waals surface area contributed by atoms with E-state index in [-0.39, 0.29) is 24.2 Å². The number of morpholine rings is 1. The standard InChI is InChI=1S/C13H24N2O3/c1-13(2)10-15(7-8-18-13)12(16)9-17-11-3-5-14-6-4-11/h11,14H,3-10H2,1-2H3. The number of piperidine rings is 1. The van der Waals surface area contributed by atoms with E-state index in [4.69, 9.17) is 9.47 Å². The Morgan fingerprint density at radius 3 is 2.83 bits per heavy atom. The van der Waals surface area contributed by atoms with Gasteiger partial charge in [0.05, 0.1) is 18.3 Å². The van der Waals surface area contributed by atoms with Crippen molar-refractivity contribution in [3.05, 3.63) is 0 Å². The van der Waals surface area contributed by atoms with Crippen LogP contribution in [0.2, 0.25) is 0 Å². The van der Waals surface area contributed by atoms with Gasteiger partial charge < -0.3 is 19.7 Å². The minimum absolute atomic E-state index is 0.0879. The van der Waals surface area contributed by atoms with Gasteiger partial charge in [-0.1, -0.05) is 0 Å². The van der Waals surface area contributed by atoms with Crippen LogP contribution < -0.4 is 5.32 Å². The number of ether oxygens (including phenoxy) is 2. The maximum absolute atomic E-state index is 12.1. The predicted octanol–water partition coefficient (Wildman–Crippen LogP) is 0.392. The molecular formula is C13H24N2O3. The van der Waals surface area contributed by atoms with Crippen molar-refractivity contribution in [2.24, 2.45) is 0 Å². The second kappa shape index (κ2) is 5.99. The fourth-order valence-corrected chi connectivity index (χ4v) is 2.47. The number of hydrogen-bond donors (Lipinski definition) is 1. The second-order valence-electron chi connectivity index (χ2n) is 5.68. The molecule has 2 fully saturated rings. The van der Waals surface area contributed by atoms with Gasteiger partial charge >= 0.3 is 0 Å². The highest BCUT2D eigenvalue weighted by Gasteiger charge is 2.30. The summed E-state index contributed by atoms with van der Waals surface area (Å²) in [5.41, 5.74) is -0.233. The lowest BCUT2D eigenvalue weighted by Crippen LogP contribution is -2.51. The Bertz CT molecular complexity index is 288. The lowest BCUT2D eigenvalue weighted by atomic mass is 10.1. The molecule has 1 amide bonds. The van der Waals surface area contributed by atoms with Gasteiger partial charge in [-0.05, 0) is 39.8 Å². The molecule has 5 nitrogen and oxygen atoms in total. The van der Waals surface area contributed by atoms with Crippen LogP contribution in [0.5, 0.6) is 0 Å². The zero-order chi connectivity index (χ0) is 13.0. The van der Waals surface area contributed by atoms with Gasteiger partial charge in [0.1, 0.15) is 6.61 Å². The topological polar surface area (TPSA) is 50.8 Å². The van der Waals surface area contributed by atoms with Gasteiger partial charge in [-0.3, -0.25) is 4.79 Å². The summed E-state index contributed by atoms with van der Waals surface area (Å²) in [6.45, 7) is 8.17. The van der Waals surface area contributed by atoms with Crippen LogP contribution in [0.15, 0.2) is 0 Å². The molecule has 1 N–H and O–H groups in total. The van der Waals surface area contributed by atoms with Crippen molar-refractivity contribution in [2.45, 2.75) is 38.4 Å². The Labute approximate surface area is 109 Å². The SMILES string of the molecule is CC1(C)CN(C(=O)COC2CCNCC2)CCO1. The fourth-order valence-electron chi connectivity index (χ4n) is 2.47. The van der Waals surface area contributed by atoms with Crippen LogP contribution in [0.1, 0.15) is 26.7 Å².